The van der Waals surface area contributed by atoms with Crippen LogP contribution in [0.25, 0.3) is 5.52 Å². The molecule has 0 spiro atoms. The molecule has 3 N–H and O–H groups in total. The first-order valence-corrected chi connectivity index (χ1v) is 14.2. The molecule has 1 atom stereocenters. The zero-order valence-electron chi connectivity index (χ0n) is 21.1. The highest BCUT2D eigenvalue weighted by atomic mass is 79.9. The van der Waals surface area contributed by atoms with Crippen LogP contribution in [0, 0.1) is 11.6 Å². The Balaban J connectivity index is 1.56. The first kappa shape index (κ1) is 29.1. The fourth-order valence-electron chi connectivity index (χ4n) is 4.87. The molecule has 2 aromatic heterocycles. The Labute approximate surface area is 241 Å². The lowest BCUT2D eigenvalue weighted by Gasteiger charge is -2.24. The van der Waals surface area contributed by atoms with Crippen LogP contribution >= 0.6 is 15.9 Å². The van der Waals surface area contributed by atoms with Crippen molar-refractivity contribution >= 4 is 44.3 Å². The largest absolute Gasteiger partial charge is 0.419 e. The molecule has 5 rings (SSSR count). The van der Waals surface area contributed by atoms with Crippen LogP contribution in [-0.2, 0) is 30.3 Å². The smallest absolute Gasteiger partial charge is 0.365 e. The van der Waals surface area contributed by atoms with Gasteiger partial charge in [0.1, 0.15) is 11.6 Å². The minimum atomic E-state index is -4.98. The van der Waals surface area contributed by atoms with E-state index in [1.165, 1.54) is 22.8 Å². The SMILES string of the molecule is NC(=O)c1c(Cc2ccc(F)cc2)nn2cc(N(CCc3ccc(Br)c(F)c3C(F)(F)F)S(=O)O)c(C3CC3)cc12. The average molecular weight is 657 g/mol. The molecule has 1 fully saturated rings. The van der Waals surface area contributed by atoms with Gasteiger partial charge in [0.25, 0.3) is 17.2 Å². The van der Waals surface area contributed by atoms with E-state index in [9.17, 15) is 35.5 Å². The fraction of sp³-hybridized carbons (Fsp3) is 0.259. The number of carbonyl (C=O) groups excluding carboxylic acids is 1. The molecular formula is C27H22BrF5N4O3S. The number of halogens is 6. The van der Waals surface area contributed by atoms with Crippen LogP contribution in [0.5, 0.6) is 0 Å². The molecule has 1 saturated carbocycles. The van der Waals surface area contributed by atoms with Crippen molar-refractivity contribution in [2.45, 2.75) is 37.8 Å². The number of aromatic nitrogens is 2. The van der Waals surface area contributed by atoms with Gasteiger partial charge >= 0.3 is 6.18 Å². The first-order valence-electron chi connectivity index (χ1n) is 12.4. The molecule has 2 heterocycles. The number of pyridine rings is 1. The van der Waals surface area contributed by atoms with Crippen molar-refractivity contribution in [2.75, 3.05) is 10.8 Å². The summed E-state index contributed by atoms with van der Waals surface area (Å²) in [5, 5.41) is 4.47. The molecule has 1 unspecified atom stereocenters. The average Bonchev–Trinajstić information content (AvgIpc) is 3.67. The Bertz CT molecular complexity index is 1670. The van der Waals surface area contributed by atoms with Crippen molar-refractivity contribution in [3.05, 3.63) is 98.3 Å². The number of hydrogen-bond donors (Lipinski definition) is 2. The monoisotopic (exact) mass is 656 g/mol. The van der Waals surface area contributed by atoms with Gasteiger partial charge in [-0.3, -0.25) is 13.7 Å². The Morgan fingerprint density at radius 2 is 1.85 bits per heavy atom. The number of amides is 1. The molecule has 1 aliphatic rings. The van der Waals surface area contributed by atoms with Gasteiger partial charge in [-0.05, 0) is 82.1 Å². The third kappa shape index (κ3) is 5.99. The quantitative estimate of drug-likeness (QED) is 0.167. The minimum absolute atomic E-state index is 0.0203. The van der Waals surface area contributed by atoms with E-state index in [2.05, 4.69) is 21.0 Å². The highest BCUT2D eigenvalue weighted by molar-refractivity contribution is 9.10. The van der Waals surface area contributed by atoms with Crippen LogP contribution in [0.4, 0.5) is 27.6 Å². The zero-order valence-corrected chi connectivity index (χ0v) is 23.5. The summed E-state index contributed by atoms with van der Waals surface area (Å²) < 4.78 is 93.5. The van der Waals surface area contributed by atoms with Crippen molar-refractivity contribution in [3.8, 4) is 0 Å². The summed E-state index contributed by atoms with van der Waals surface area (Å²) in [6, 6.07) is 9.55. The van der Waals surface area contributed by atoms with E-state index < -0.39 is 47.0 Å². The van der Waals surface area contributed by atoms with Crippen LogP contribution in [0.15, 0.2) is 53.1 Å². The van der Waals surface area contributed by atoms with Gasteiger partial charge in [-0.1, -0.05) is 18.2 Å². The number of alkyl halides is 3. The minimum Gasteiger partial charge on any atom is -0.365 e. The van der Waals surface area contributed by atoms with Gasteiger partial charge in [-0.25, -0.2) is 17.5 Å². The molecule has 216 valence electrons. The topological polar surface area (TPSA) is 101 Å². The van der Waals surface area contributed by atoms with Crippen molar-refractivity contribution in [2.24, 2.45) is 5.73 Å². The summed E-state index contributed by atoms with van der Waals surface area (Å²) >= 11 is 0.109. The van der Waals surface area contributed by atoms with E-state index >= 15 is 0 Å². The molecule has 0 saturated heterocycles. The maximum absolute atomic E-state index is 14.4. The molecule has 41 heavy (non-hydrogen) atoms. The molecule has 0 bridgehead atoms. The number of anilines is 1. The summed E-state index contributed by atoms with van der Waals surface area (Å²) in [6.07, 6.45) is -2.27. The van der Waals surface area contributed by atoms with E-state index in [1.54, 1.807) is 18.2 Å². The molecule has 1 amide bonds. The number of fused-ring (bicyclic) bond motifs is 1. The first-order chi connectivity index (χ1) is 19.3. The van der Waals surface area contributed by atoms with E-state index in [4.69, 9.17) is 5.73 Å². The highest BCUT2D eigenvalue weighted by Crippen LogP contribution is 2.46. The van der Waals surface area contributed by atoms with Crippen molar-refractivity contribution in [1.29, 1.82) is 0 Å². The van der Waals surface area contributed by atoms with Gasteiger partial charge in [0, 0.05) is 13.0 Å². The lowest BCUT2D eigenvalue weighted by molar-refractivity contribution is -0.140. The molecule has 7 nitrogen and oxygen atoms in total. The van der Waals surface area contributed by atoms with E-state index in [-0.39, 0.29) is 40.2 Å². The second kappa shape index (κ2) is 11.1. The van der Waals surface area contributed by atoms with Gasteiger partial charge in [0.15, 0.2) is 0 Å². The van der Waals surface area contributed by atoms with Crippen LogP contribution in [-0.4, -0.2) is 30.8 Å². The van der Waals surface area contributed by atoms with Crippen LogP contribution in [0.3, 0.4) is 0 Å². The van der Waals surface area contributed by atoms with Gasteiger partial charge in [0.2, 0.25) is 0 Å². The van der Waals surface area contributed by atoms with Gasteiger partial charge in [-0.2, -0.15) is 18.3 Å². The Hall–Kier alpha value is -3.36. The Morgan fingerprint density at radius 1 is 1.17 bits per heavy atom. The fourth-order valence-corrected chi connectivity index (χ4v) is 5.77. The molecule has 1 aliphatic carbocycles. The normalized spacial score (nSPS) is 14.4. The number of hydrogen-bond acceptors (Lipinski definition) is 3. The molecule has 2 aromatic carbocycles. The lowest BCUT2D eigenvalue weighted by Crippen LogP contribution is -2.29. The van der Waals surface area contributed by atoms with E-state index in [0.717, 1.165) is 29.3 Å². The maximum atomic E-state index is 14.4. The lowest BCUT2D eigenvalue weighted by atomic mass is 10.0. The summed E-state index contributed by atoms with van der Waals surface area (Å²) in [6.45, 7) is -0.356. The number of primary amides is 1. The predicted molar refractivity (Wildman–Crippen MR) is 146 cm³/mol. The Morgan fingerprint density at radius 3 is 2.44 bits per heavy atom. The summed E-state index contributed by atoms with van der Waals surface area (Å²) in [5.74, 6) is -2.65. The van der Waals surface area contributed by atoms with E-state index in [1.807, 2.05) is 0 Å². The van der Waals surface area contributed by atoms with Gasteiger partial charge in [-0.15, -0.1) is 0 Å². The summed E-state index contributed by atoms with van der Waals surface area (Å²) in [7, 11) is 0. The molecule has 14 heteroatoms. The number of nitrogens with two attached hydrogens (primary N) is 1. The van der Waals surface area contributed by atoms with Crippen molar-refractivity contribution in [3.63, 3.8) is 0 Å². The van der Waals surface area contributed by atoms with Crippen LogP contribution < -0.4 is 10.0 Å². The Kier molecular flexibility index (Phi) is 7.92. The highest BCUT2D eigenvalue weighted by Gasteiger charge is 2.38. The molecular weight excluding hydrogens is 635 g/mol. The third-order valence-corrected chi connectivity index (χ3v) is 8.28. The maximum Gasteiger partial charge on any atom is 0.419 e. The second-order valence-corrected chi connectivity index (χ2v) is 11.4. The standard InChI is InChI=1S/C27H22BrF5N4O3S/c28-19-8-5-16(24(25(19)30)27(31,32)33)9-10-37(41(39)40)22-13-36-21(12-18(22)15-3-4-15)23(26(34)38)20(35-36)11-14-1-6-17(29)7-2-14/h1-2,5-8,12-13,15H,3-4,9-11H2,(H2,34,38)(H,39,40). The summed E-state index contributed by atoms with van der Waals surface area (Å²) in [5.41, 5.74) is 6.19. The number of nitrogens with zero attached hydrogens (tertiary/aromatic N) is 3. The molecule has 0 radical (unpaired) electrons. The van der Waals surface area contributed by atoms with Gasteiger partial charge in [0.05, 0.1) is 38.7 Å². The summed E-state index contributed by atoms with van der Waals surface area (Å²) in [4.78, 5) is 12.5. The third-order valence-electron chi connectivity index (χ3n) is 6.91. The molecule has 4 aromatic rings. The zero-order chi connectivity index (χ0) is 29.6. The van der Waals surface area contributed by atoms with Crippen molar-refractivity contribution in [1.82, 2.24) is 9.61 Å². The number of carbonyl (C=O) groups is 1. The van der Waals surface area contributed by atoms with Crippen LogP contribution in [0.1, 0.15) is 57.1 Å². The van der Waals surface area contributed by atoms with Gasteiger partial charge < -0.3 is 5.73 Å². The van der Waals surface area contributed by atoms with E-state index in [0.29, 0.717) is 22.3 Å². The predicted octanol–water partition coefficient (Wildman–Crippen LogP) is 6.15. The second-order valence-electron chi connectivity index (χ2n) is 9.68. The number of rotatable bonds is 9. The molecule has 0 aliphatic heterocycles. The van der Waals surface area contributed by atoms with Crippen LogP contribution in [0.2, 0.25) is 0 Å². The number of benzene rings is 2. The van der Waals surface area contributed by atoms with Crippen molar-refractivity contribution < 1.29 is 35.5 Å².